The number of rotatable bonds is 3. The summed E-state index contributed by atoms with van der Waals surface area (Å²) in [7, 11) is 1.19. The summed E-state index contributed by atoms with van der Waals surface area (Å²) in [5.41, 5.74) is -0.825. The number of carbonyl (C=O) groups excluding carboxylic acids is 1. The molecule has 94 valence electrons. The summed E-state index contributed by atoms with van der Waals surface area (Å²) < 4.78 is 42.5. The maximum atomic E-state index is 12.4. The summed E-state index contributed by atoms with van der Waals surface area (Å²) in [6, 6.07) is 0.857. The molecular formula is C10H11F3N2O2. The van der Waals surface area contributed by atoms with Gasteiger partial charge in [0.25, 0.3) is 0 Å². The maximum absolute atomic E-state index is 12.4. The average molecular weight is 248 g/mol. The lowest BCUT2D eigenvalue weighted by Gasteiger charge is -2.04. The Morgan fingerprint density at radius 1 is 1.59 bits per heavy atom. The zero-order chi connectivity index (χ0) is 13.1. The lowest BCUT2D eigenvalue weighted by molar-refractivity contribution is -0.143. The van der Waals surface area contributed by atoms with Gasteiger partial charge in [-0.05, 0) is 19.1 Å². The van der Waals surface area contributed by atoms with Gasteiger partial charge in [0, 0.05) is 13.1 Å². The van der Waals surface area contributed by atoms with Gasteiger partial charge in [-0.1, -0.05) is 0 Å². The van der Waals surface area contributed by atoms with E-state index in [2.05, 4.69) is 9.84 Å². The van der Waals surface area contributed by atoms with Gasteiger partial charge in [-0.3, -0.25) is 4.68 Å². The van der Waals surface area contributed by atoms with Gasteiger partial charge in [0.15, 0.2) is 0 Å². The van der Waals surface area contributed by atoms with E-state index in [-0.39, 0.29) is 12.3 Å². The predicted octanol–water partition coefficient (Wildman–Crippen LogP) is 2.02. The highest BCUT2D eigenvalue weighted by molar-refractivity contribution is 5.86. The smallest absolute Gasteiger partial charge is 0.433 e. The van der Waals surface area contributed by atoms with Crippen LogP contribution in [0, 0.1) is 0 Å². The highest BCUT2D eigenvalue weighted by Gasteiger charge is 2.34. The van der Waals surface area contributed by atoms with Crippen molar-refractivity contribution < 1.29 is 22.7 Å². The molecule has 0 unspecified atom stereocenters. The SMILES string of the molecule is CCOC(=O)/C=C/c1cc(C(F)(F)F)n(C)n1. The van der Waals surface area contributed by atoms with Crippen LogP contribution in [0.1, 0.15) is 18.3 Å². The third kappa shape index (κ3) is 3.61. The molecular weight excluding hydrogens is 237 g/mol. The predicted molar refractivity (Wildman–Crippen MR) is 53.9 cm³/mol. The first-order chi connectivity index (χ1) is 7.84. The second-order valence-electron chi connectivity index (χ2n) is 3.16. The number of hydrogen-bond acceptors (Lipinski definition) is 3. The zero-order valence-electron chi connectivity index (χ0n) is 9.28. The fourth-order valence-electron chi connectivity index (χ4n) is 1.18. The number of carbonyl (C=O) groups is 1. The van der Waals surface area contributed by atoms with Crippen molar-refractivity contribution in [1.82, 2.24) is 9.78 Å². The summed E-state index contributed by atoms with van der Waals surface area (Å²) >= 11 is 0. The van der Waals surface area contributed by atoms with Crippen LogP contribution in [0.25, 0.3) is 6.08 Å². The third-order valence-electron chi connectivity index (χ3n) is 1.87. The number of esters is 1. The first kappa shape index (κ1) is 13.3. The summed E-state index contributed by atoms with van der Waals surface area (Å²) in [5.74, 6) is -0.619. The lowest BCUT2D eigenvalue weighted by atomic mass is 10.3. The Morgan fingerprint density at radius 2 is 2.24 bits per heavy atom. The summed E-state index contributed by atoms with van der Waals surface area (Å²) in [6.45, 7) is 1.84. The molecule has 0 saturated heterocycles. The summed E-state index contributed by atoms with van der Waals surface area (Å²) in [5, 5.41) is 3.61. The molecule has 0 aliphatic carbocycles. The van der Waals surface area contributed by atoms with Gasteiger partial charge >= 0.3 is 12.1 Å². The Balaban J connectivity index is 2.85. The lowest BCUT2D eigenvalue weighted by Crippen LogP contribution is -2.11. The molecule has 0 aliphatic rings. The van der Waals surface area contributed by atoms with Gasteiger partial charge in [-0.15, -0.1) is 0 Å². The van der Waals surface area contributed by atoms with E-state index in [0.717, 1.165) is 12.1 Å². The van der Waals surface area contributed by atoms with Crippen LogP contribution in [0.5, 0.6) is 0 Å². The van der Waals surface area contributed by atoms with E-state index in [1.807, 2.05) is 0 Å². The molecule has 0 N–H and O–H groups in total. The second kappa shape index (κ2) is 5.03. The fourth-order valence-corrected chi connectivity index (χ4v) is 1.18. The topological polar surface area (TPSA) is 44.1 Å². The number of hydrogen-bond donors (Lipinski definition) is 0. The Bertz CT molecular complexity index is 435. The molecule has 0 aliphatic heterocycles. The van der Waals surface area contributed by atoms with Crippen LogP contribution in [-0.4, -0.2) is 22.4 Å². The standard InChI is InChI=1S/C10H11F3N2O2/c1-3-17-9(16)5-4-7-6-8(10(11,12)13)15(2)14-7/h4-6H,3H2,1-2H3/b5-4+. The van der Waals surface area contributed by atoms with E-state index in [1.165, 1.54) is 13.1 Å². The van der Waals surface area contributed by atoms with Gasteiger partial charge in [0.2, 0.25) is 0 Å². The highest BCUT2D eigenvalue weighted by Crippen LogP contribution is 2.29. The number of ether oxygens (including phenoxy) is 1. The number of halogens is 3. The van der Waals surface area contributed by atoms with Crippen molar-refractivity contribution >= 4 is 12.0 Å². The van der Waals surface area contributed by atoms with Crippen molar-refractivity contribution in [3.8, 4) is 0 Å². The fraction of sp³-hybridized carbons (Fsp3) is 0.400. The number of alkyl halides is 3. The first-order valence-electron chi connectivity index (χ1n) is 4.80. The van der Waals surface area contributed by atoms with Crippen LogP contribution in [0.3, 0.4) is 0 Å². The van der Waals surface area contributed by atoms with E-state index in [4.69, 9.17) is 0 Å². The van der Waals surface area contributed by atoms with E-state index >= 15 is 0 Å². The minimum Gasteiger partial charge on any atom is -0.463 e. The van der Waals surface area contributed by atoms with Crippen LogP contribution in [0.4, 0.5) is 13.2 Å². The Labute approximate surface area is 95.7 Å². The minimum atomic E-state index is -4.46. The van der Waals surface area contributed by atoms with Crippen molar-refractivity contribution in [2.75, 3.05) is 6.61 Å². The average Bonchev–Trinajstić information content (AvgIpc) is 2.57. The summed E-state index contributed by atoms with van der Waals surface area (Å²) in [4.78, 5) is 10.9. The molecule has 0 radical (unpaired) electrons. The van der Waals surface area contributed by atoms with Gasteiger partial charge in [0.05, 0.1) is 12.3 Å². The van der Waals surface area contributed by atoms with Crippen LogP contribution in [0.15, 0.2) is 12.1 Å². The molecule has 17 heavy (non-hydrogen) atoms. The molecule has 0 saturated carbocycles. The normalized spacial score (nSPS) is 12.1. The molecule has 1 heterocycles. The van der Waals surface area contributed by atoms with E-state index in [9.17, 15) is 18.0 Å². The molecule has 0 amide bonds. The van der Waals surface area contributed by atoms with E-state index < -0.39 is 17.8 Å². The number of aromatic nitrogens is 2. The number of aryl methyl sites for hydroxylation is 1. The minimum absolute atomic E-state index is 0.0490. The quantitative estimate of drug-likeness (QED) is 0.607. The van der Waals surface area contributed by atoms with Crippen molar-refractivity contribution in [3.05, 3.63) is 23.5 Å². The van der Waals surface area contributed by atoms with Crippen LogP contribution in [0.2, 0.25) is 0 Å². The third-order valence-corrected chi connectivity index (χ3v) is 1.87. The maximum Gasteiger partial charge on any atom is 0.433 e. The largest absolute Gasteiger partial charge is 0.463 e. The van der Waals surface area contributed by atoms with Gasteiger partial charge in [0.1, 0.15) is 5.69 Å². The molecule has 0 spiro atoms. The molecule has 0 fully saturated rings. The second-order valence-corrected chi connectivity index (χ2v) is 3.16. The number of nitrogens with zero attached hydrogens (tertiary/aromatic N) is 2. The van der Waals surface area contributed by atoms with Crippen molar-refractivity contribution in [3.63, 3.8) is 0 Å². The molecule has 1 rings (SSSR count). The monoisotopic (exact) mass is 248 g/mol. The van der Waals surface area contributed by atoms with Crippen LogP contribution >= 0.6 is 0 Å². The molecule has 4 nitrogen and oxygen atoms in total. The zero-order valence-corrected chi connectivity index (χ0v) is 9.28. The van der Waals surface area contributed by atoms with Crippen LogP contribution in [-0.2, 0) is 22.8 Å². The molecule has 7 heteroatoms. The van der Waals surface area contributed by atoms with Crippen LogP contribution < -0.4 is 0 Å². The summed E-state index contributed by atoms with van der Waals surface area (Å²) in [6.07, 6.45) is -2.25. The Hall–Kier alpha value is -1.79. The van der Waals surface area contributed by atoms with Gasteiger partial charge in [-0.25, -0.2) is 4.79 Å². The first-order valence-corrected chi connectivity index (χ1v) is 4.80. The molecule has 0 aromatic carbocycles. The van der Waals surface area contributed by atoms with E-state index in [1.54, 1.807) is 6.92 Å². The molecule has 0 atom stereocenters. The van der Waals surface area contributed by atoms with Crippen molar-refractivity contribution in [1.29, 1.82) is 0 Å². The van der Waals surface area contributed by atoms with Crippen molar-refractivity contribution in [2.45, 2.75) is 13.1 Å². The Morgan fingerprint density at radius 3 is 2.71 bits per heavy atom. The van der Waals surface area contributed by atoms with E-state index in [0.29, 0.717) is 4.68 Å². The molecule has 1 aromatic rings. The van der Waals surface area contributed by atoms with Crippen molar-refractivity contribution in [2.24, 2.45) is 7.05 Å². The molecule has 0 bridgehead atoms. The van der Waals surface area contributed by atoms with Gasteiger partial charge in [-0.2, -0.15) is 18.3 Å². The van der Waals surface area contributed by atoms with Gasteiger partial charge < -0.3 is 4.74 Å². The molecule has 1 aromatic heterocycles. The Kier molecular flexibility index (Phi) is 3.93. The highest BCUT2D eigenvalue weighted by atomic mass is 19.4.